The Morgan fingerprint density at radius 2 is 2.14 bits per heavy atom. The molecule has 0 saturated carbocycles. The molecule has 0 aliphatic heterocycles. The zero-order valence-corrected chi connectivity index (χ0v) is 12.9. The van der Waals surface area contributed by atoms with Gasteiger partial charge in [0.1, 0.15) is 0 Å². The molecular formula is C15H19ClN4O. The quantitative estimate of drug-likeness (QED) is 0.832. The monoisotopic (exact) mass is 306 g/mol. The third-order valence-electron chi connectivity index (χ3n) is 3.02. The van der Waals surface area contributed by atoms with E-state index in [0.717, 1.165) is 24.4 Å². The number of hydrogen-bond donors (Lipinski definition) is 2. The first kappa shape index (κ1) is 15.4. The summed E-state index contributed by atoms with van der Waals surface area (Å²) in [5.41, 5.74) is 2.83. The fraction of sp³-hybridized carbons (Fsp3) is 0.333. The highest BCUT2D eigenvalue weighted by atomic mass is 35.5. The summed E-state index contributed by atoms with van der Waals surface area (Å²) in [6.07, 6.45) is 0.824. The van der Waals surface area contributed by atoms with Crippen LogP contribution in [0.25, 0.3) is 0 Å². The van der Waals surface area contributed by atoms with Gasteiger partial charge >= 0.3 is 6.03 Å². The molecule has 1 aromatic heterocycles. The number of nitrogens with one attached hydrogen (secondary N) is 2. The number of benzene rings is 1. The number of aryl methyl sites for hydroxylation is 3. The van der Waals surface area contributed by atoms with Crippen molar-refractivity contribution in [2.24, 2.45) is 0 Å². The van der Waals surface area contributed by atoms with Gasteiger partial charge in [0.2, 0.25) is 0 Å². The Hall–Kier alpha value is -2.01. The number of anilines is 1. The van der Waals surface area contributed by atoms with Gasteiger partial charge in [-0.1, -0.05) is 17.7 Å². The van der Waals surface area contributed by atoms with Gasteiger partial charge in [0, 0.05) is 29.5 Å². The first-order valence-corrected chi connectivity index (χ1v) is 7.24. The highest BCUT2D eigenvalue weighted by Gasteiger charge is 2.03. The van der Waals surface area contributed by atoms with Crippen LogP contribution in [-0.2, 0) is 6.54 Å². The molecule has 2 aromatic rings. The Labute approximate surface area is 129 Å². The maximum absolute atomic E-state index is 11.7. The zero-order chi connectivity index (χ0) is 15.2. The van der Waals surface area contributed by atoms with Crippen molar-refractivity contribution in [3.05, 3.63) is 46.7 Å². The molecule has 0 atom stereocenters. The van der Waals surface area contributed by atoms with Crippen molar-refractivity contribution in [1.29, 1.82) is 0 Å². The van der Waals surface area contributed by atoms with E-state index in [-0.39, 0.29) is 6.03 Å². The SMILES string of the molecule is Cc1cc(C)n(CCCNC(=O)Nc2cccc(Cl)c2)n1. The molecule has 0 spiro atoms. The largest absolute Gasteiger partial charge is 0.338 e. The van der Waals surface area contributed by atoms with Gasteiger partial charge in [0.05, 0.1) is 5.69 Å². The van der Waals surface area contributed by atoms with Crippen LogP contribution in [0, 0.1) is 13.8 Å². The molecule has 1 aromatic carbocycles. The van der Waals surface area contributed by atoms with Gasteiger partial charge < -0.3 is 10.6 Å². The molecular weight excluding hydrogens is 288 g/mol. The summed E-state index contributed by atoms with van der Waals surface area (Å²) < 4.78 is 1.95. The second-order valence-corrected chi connectivity index (χ2v) is 5.33. The lowest BCUT2D eigenvalue weighted by molar-refractivity contribution is 0.251. The van der Waals surface area contributed by atoms with Crippen molar-refractivity contribution in [3.63, 3.8) is 0 Å². The minimum Gasteiger partial charge on any atom is -0.338 e. The van der Waals surface area contributed by atoms with Gasteiger partial charge in [-0.2, -0.15) is 5.10 Å². The zero-order valence-electron chi connectivity index (χ0n) is 12.2. The Morgan fingerprint density at radius 3 is 2.81 bits per heavy atom. The number of carbonyl (C=O) groups excluding carboxylic acids is 1. The van der Waals surface area contributed by atoms with E-state index in [9.17, 15) is 4.79 Å². The molecule has 0 aliphatic rings. The van der Waals surface area contributed by atoms with Gasteiger partial charge in [-0.15, -0.1) is 0 Å². The van der Waals surface area contributed by atoms with E-state index in [1.807, 2.05) is 24.6 Å². The molecule has 0 saturated heterocycles. The molecule has 112 valence electrons. The molecule has 0 radical (unpaired) electrons. The summed E-state index contributed by atoms with van der Waals surface area (Å²) in [5, 5.41) is 10.5. The maximum atomic E-state index is 11.7. The Morgan fingerprint density at radius 1 is 1.33 bits per heavy atom. The summed E-state index contributed by atoms with van der Waals surface area (Å²) in [5.74, 6) is 0. The summed E-state index contributed by atoms with van der Waals surface area (Å²) in [7, 11) is 0. The first-order valence-electron chi connectivity index (χ1n) is 6.86. The van der Waals surface area contributed by atoms with Crippen LogP contribution in [0.2, 0.25) is 5.02 Å². The molecule has 21 heavy (non-hydrogen) atoms. The molecule has 2 N–H and O–H groups in total. The average Bonchev–Trinajstić information content (AvgIpc) is 2.73. The van der Waals surface area contributed by atoms with Crippen LogP contribution in [0.1, 0.15) is 17.8 Å². The summed E-state index contributed by atoms with van der Waals surface area (Å²) in [6.45, 7) is 5.38. The molecule has 6 heteroatoms. The van der Waals surface area contributed by atoms with Crippen LogP contribution < -0.4 is 10.6 Å². The Balaban J connectivity index is 1.71. The summed E-state index contributed by atoms with van der Waals surface area (Å²) in [4.78, 5) is 11.7. The molecule has 1 heterocycles. The first-order chi connectivity index (χ1) is 10.0. The van der Waals surface area contributed by atoms with Crippen molar-refractivity contribution in [3.8, 4) is 0 Å². The molecule has 2 amide bonds. The topological polar surface area (TPSA) is 59.0 Å². The Kier molecular flexibility index (Phi) is 5.22. The number of carbonyl (C=O) groups is 1. The van der Waals surface area contributed by atoms with Crippen LogP contribution in [0.3, 0.4) is 0 Å². The van der Waals surface area contributed by atoms with Gasteiger partial charge in [-0.3, -0.25) is 4.68 Å². The minimum atomic E-state index is -0.231. The van der Waals surface area contributed by atoms with Gasteiger partial charge in [-0.25, -0.2) is 4.79 Å². The molecule has 0 aliphatic carbocycles. The van der Waals surface area contributed by atoms with E-state index < -0.39 is 0 Å². The number of halogens is 1. The fourth-order valence-corrected chi connectivity index (χ4v) is 2.26. The third-order valence-corrected chi connectivity index (χ3v) is 3.25. The number of aromatic nitrogens is 2. The molecule has 0 bridgehead atoms. The summed E-state index contributed by atoms with van der Waals surface area (Å²) in [6, 6.07) is 8.86. The predicted molar refractivity (Wildman–Crippen MR) is 84.8 cm³/mol. The van der Waals surface area contributed by atoms with Gasteiger partial charge in [0.15, 0.2) is 0 Å². The number of nitrogens with zero attached hydrogens (tertiary/aromatic N) is 2. The Bertz CT molecular complexity index is 624. The van der Waals surface area contributed by atoms with Crippen LogP contribution in [0.5, 0.6) is 0 Å². The van der Waals surface area contributed by atoms with Crippen LogP contribution in [-0.4, -0.2) is 22.4 Å². The highest BCUT2D eigenvalue weighted by Crippen LogP contribution is 2.14. The van der Waals surface area contributed by atoms with Crippen LogP contribution in [0.15, 0.2) is 30.3 Å². The van der Waals surface area contributed by atoms with Crippen molar-refractivity contribution < 1.29 is 4.79 Å². The standard InChI is InChI=1S/C15H19ClN4O/c1-11-9-12(2)20(19-11)8-4-7-17-15(21)18-14-6-3-5-13(16)10-14/h3,5-6,9-10H,4,7-8H2,1-2H3,(H2,17,18,21). The predicted octanol–water partition coefficient (Wildman–Crippen LogP) is 3.37. The lowest BCUT2D eigenvalue weighted by Gasteiger charge is -2.08. The van der Waals surface area contributed by atoms with Crippen molar-refractivity contribution in [1.82, 2.24) is 15.1 Å². The molecule has 0 unspecified atom stereocenters. The van der Waals surface area contributed by atoms with E-state index >= 15 is 0 Å². The van der Waals surface area contributed by atoms with Gasteiger partial charge in [-0.05, 0) is 44.5 Å². The van der Waals surface area contributed by atoms with E-state index in [0.29, 0.717) is 17.3 Å². The normalized spacial score (nSPS) is 10.4. The highest BCUT2D eigenvalue weighted by molar-refractivity contribution is 6.30. The second-order valence-electron chi connectivity index (χ2n) is 4.90. The maximum Gasteiger partial charge on any atom is 0.319 e. The minimum absolute atomic E-state index is 0.231. The van der Waals surface area contributed by atoms with E-state index in [1.165, 1.54) is 0 Å². The van der Waals surface area contributed by atoms with Crippen molar-refractivity contribution in [2.75, 3.05) is 11.9 Å². The van der Waals surface area contributed by atoms with Gasteiger partial charge in [0.25, 0.3) is 0 Å². The lowest BCUT2D eigenvalue weighted by Crippen LogP contribution is -2.30. The van der Waals surface area contributed by atoms with E-state index in [2.05, 4.69) is 15.7 Å². The number of amides is 2. The smallest absolute Gasteiger partial charge is 0.319 e. The number of hydrogen-bond acceptors (Lipinski definition) is 2. The number of rotatable bonds is 5. The van der Waals surface area contributed by atoms with Crippen molar-refractivity contribution in [2.45, 2.75) is 26.8 Å². The molecule has 2 rings (SSSR count). The van der Waals surface area contributed by atoms with E-state index in [1.54, 1.807) is 24.3 Å². The van der Waals surface area contributed by atoms with Crippen LogP contribution in [0.4, 0.5) is 10.5 Å². The molecule has 5 nitrogen and oxygen atoms in total. The second kappa shape index (κ2) is 7.13. The third kappa shape index (κ3) is 4.79. The lowest BCUT2D eigenvalue weighted by atomic mass is 10.3. The number of urea groups is 1. The summed E-state index contributed by atoms with van der Waals surface area (Å²) >= 11 is 5.86. The van der Waals surface area contributed by atoms with Crippen molar-refractivity contribution >= 4 is 23.3 Å². The van der Waals surface area contributed by atoms with E-state index in [4.69, 9.17) is 11.6 Å². The average molecular weight is 307 g/mol. The molecule has 0 fully saturated rings. The van der Waals surface area contributed by atoms with Crippen LogP contribution >= 0.6 is 11.6 Å². The fourth-order valence-electron chi connectivity index (χ4n) is 2.07.